The first-order valence-electron chi connectivity index (χ1n) is 14.7. The van der Waals surface area contributed by atoms with E-state index in [0.29, 0.717) is 23.9 Å². The monoisotopic (exact) mass is 641 g/mol. The van der Waals surface area contributed by atoms with Gasteiger partial charge in [0.25, 0.3) is 11.5 Å². The second kappa shape index (κ2) is 15.3. The van der Waals surface area contributed by atoms with Crippen molar-refractivity contribution in [2.45, 2.75) is 71.6 Å². The molecule has 0 aliphatic rings. The van der Waals surface area contributed by atoms with Crippen molar-refractivity contribution in [3.63, 3.8) is 0 Å². The number of hydrogen-bond acceptors (Lipinski definition) is 9. The summed E-state index contributed by atoms with van der Waals surface area (Å²) >= 11 is 0. The van der Waals surface area contributed by atoms with Crippen molar-refractivity contribution in [2.24, 2.45) is 0 Å². The molecule has 248 valence electrons. The third-order valence-corrected chi connectivity index (χ3v) is 6.44. The quantitative estimate of drug-likeness (QED) is 0.297. The molecule has 0 radical (unpaired) electrons. The van der Waals surface area contributed by atoms with Gasteiger partial charge in [-0.1, -0.05) is 19.4 Å². The molecule has 0 bridgehead atoms. The molecule has 0 fully saturated rings. The van der Waals surface area contributed by atoms with Crippen LogP contribution < -0.4 is 16.2 Å². The second-order valence-electron chi connectivity index (χ2n) is 11.6. The lowest BCUT2D eigenvalue weighted by Crippen LogP contribution is -2.38. The number of nitrogens with zero attached hydrogens (tertiary/aromatic N) is 5. The van der Waals surface area contributed by atoms with E-state index in [4.69, 9.17) is 9.47 Å². The van der Waals surface area contributed by atoms with Crippen LogP contribution in [-0.4, -0.2) is 80.9 Å². The van der Waals surface area contributed by atoms with Crippen molar-refractivity contribution < 1.29 is 33.0 Å². The highest BCUT2D eigenvalue weighted by Crippen LogP contribution is 2.25. The Bertz CT molecular complexity index is 1690. The summed E-state index contributed by atoms with van der Waals surface area (Å²) in [6.45, 7) is 6.79. The average molecular weight is 642 g/mol. The lowest BCUT2D eigenvalue weighted by molar-refractivity contribution is -0.125. The van der Waals surface area contributed by atoms with Gasteiger partial charge in [0.05, 0.1) is 17.6 Å². The molecule has 0 saturated carbocycles. The summed E-state index contributed by atoms with van der Waals surface area (Å²) in [6.07, 6.45) is 3.93. The number of amides is 3. The Hall–Kier alpha value is -5.08. The largest absolute Gasteiger partial charge is 0.443 e. The number of carbonyl (C=O) groups excluding carboxylic acids is 4. The molecule has 3 aromatic rings. The summed E-state index contributed by atoms with van der Waals surface area (Å²) in [6, 6.07) is 2.55. The molecule has 46 heavy (non-hydrogen) atoms. The Morgan fingerprint density at radius 3 is 2.52 bits per heavy atom. The highest BCUT2D eigenvalue weighted by molar-refractivity contribution is 5.94. The summed E-state index contributed by atoms with van der Waals surface area (Å²) in [7, 11) is 4.37. The number of hydrogen-bond donors (Lipinski definition) is 2. The molecule has 0 saturated heterocycles. The topological polar surface area (TPSA) is 167 Å². The number of anilines is 1. The van der Waals surface area contributed by atoms with E-state index in [1.807, 2.05) is 6.92 Å². The van der Waals surface area contributed by atoms with Crippen LogP contribution in [0.5, 0.6) is 0 Å². The third kappa shape index (κ3) is 9.22. The maximum absolute atomic E-state index is 14.5. The predicted octanol–water partition coefficient (Wildman–Crippen LogP) is 3.60. The molecule has 14 nitrogen and oxygen atoms in total. The van der Waals surface area contributed by atoms with Gasteiger partial charge in [-0.15, -0.1) is 0 Å². The minimum absolute atomic E-state index is 0.0104. The van der Waals surface area contributed by atoms with Gasteiger partial charge in [-0.2, -0.15) is 0 Å². The molecule has 0 unspecified atom stereocenters. The van der Waals surface area contributed by atoms with E-state index in [2.05, 4.69) is 20.6 Å². The first-order chi connectivity index (χ1) is 21.6. The lowest BCUT2D eigenvalue weighted by Gasteiger charge is -2.21. The van der Waals surface area contributed by atoms with Crippen molar-refractivity contribution in [3.8, 4) is 0 Å². The molecule has 3 amide bonds. The predicted molar refractivity (Wildman–Crippen MR) is 168 cm³/mol. The van der Waals surface area contributed by atoms with Gasteiger partial charge < -0.3 is 29.6 Å². The van der Waals surface area contributed by atoms with Crippen molar-refractivity contribution in [1.29, 1.82) is 0 Å². The summed E-state index contributed by atoms with van der Waals surface area (Å²) < 4.78 is 27.9. The number of ether oxygens (including phenoxy) is 2. The maximum atomic E-state index is 14.5. The summed E-state index contributed by atoms with van der Waals surface area (Å²) in [5.74, 6) is -1.94. The van der Waals surface area contributed by atoms with Crippen molar-refractivity contribution in [3.05, 3.63) is 64.2 Å². The van der Waals surface area contributed by atoms with Gasteiger partial charge >= 0.3 is 12.2 Å². The number of nitrogens with one attached hydrogen (secondary N) is 2. The SMILES string of the molecule is CCCc1cc(F)cc2nc(Cn3ccnc(NC(=O)[C@H](CC/C=C/C(=O)NC)OC(=O)N(C)C)c3=O)n(C(=O)OC(C)(C)C)c12. The molecule has 2 N–H and O–H groups in total. The number of halogens is 1. The third-order valence-electron chi connectivity index (χ3n) is 6.44. The molecule has 0 aliphatic heterocycles. The smallest absolute Gasteiger partial charge is 0.420 e. The number of carbonyl (C=O) groups is 4. The van der Waals surface area contributed by atoms with Crippen LogP contribution in [-0.2, 0) is 32.0 Å². The van der Waals surface area contributed by atoms with Crippen LogP contribution in [0.1, 0.15) is 58.3 Å². The van der Waals surface area contributed by atoms with Crippen LogP contribution in [0.15, 0.2) is 41.5 Å². The highest BCUT2D eigenvalue weighted by atomic mass is 19.1. The molecule has 0 aliphatic carbocycles. The number of likely N-dealkylation sites (N-methyl/N-ethyl adjacent to an activating group) is 1. The maximum Gasteiger partial charge on any atom is 0.420 e. The van der Waals surface area contributed by atoms with Gasteiger partial charge in [0.2, 0.25) is 5.91 Å². The number of aromatic nitrogens is 4. The van der Waals surface area contributed by atoms with Crippen molar-refractivity contribution in [2.75, 3.05) is 26.5 Å². The van der Waals surface area contributed by atoms with Crippen LogP contribution in [0.25, 0.3) is 11.0 Å². The van der Waals surface area contributed by atoms with Gasteiger partial charge in [-0.3, -0.25) is 14.4 Å². The Kier molecular flexibility index (Phi) is 11.8. The van der Waals surface area contributed by atoms with Crippen molar-refractivity contribution in [1.82, 2.24) is 29.3 Å². The van der Waals surface area contributed by atoms with Gasteiger partial charge in [0, 0.05) is 39.6 Å². The zero-order valence-corrected chi connectivity index (χ0v) is 27.0. The van der Waals surface area contributed by atoms with Crippen LogP contribution in [0.4, 0.5) is 19.8 Å². The van der Waals surface area contributed by atoms with E-state index in [0.717, 1.165) is 4.90 Å². The van der Waals surface area contributed by atoms with Crippen LogP contribution in [0, 0.1) is 5.82 Å². The Morgan fingerprint density at radius 1 is 1.17 bits per heavy atom. The number of fused-ring (bicyclic) bond motifs is 1. The summed E-state index contributed by atoms with van der Waals surface area (Å²) in [5.41, 5.74) is -0.447. The second-order valence-corrected chi connectivity index (χ2v) is 11.6. The van der Waals surface area contributed by atoms with E-state index >= 15 is 0 Å². The molecule has 0 spiro atoms. The first-order valence-corrected chi connectivity index (χ1v) is 14.7. The van der Waals surface area contributed by atoms with Gasteiger partial charge in [0.15, 0.2) is 11.9 Å². The van der Waals surface area contributed by atoms with Crippen LogP contribution >= 0.6 is 0 Å². The van der Waals surface area contributed by atoms with Gasteiger partial charge in [-0.05, 0) is 57.7 Å². The normalized spacial score (nSPS) is 12.2. The standard InChI is InChI=1S/C31H40FN7O7/c1-8-11-19-16-20(32)17-21-25(19)39(30(44)46-31(2,3)4)23(35-21)18-38-15-14-34-26(28(38)42)36-27(41)22(45-29(43)37(6)7)12-9-10-13-24(40)33-5/h10,13-17,22H,8-9,11-12,18H2,1-7H3,(H,33,40)(H,34,36,41)/b13-10+/t22-/m0/s1. The minimum atomic E-state index is -1.32. The molecule has 2 heterocycles. The van der Waals surface area contributed by atoms with Gasteiger partial charge in [0.1, 0.15) is 17.2 Å². The fraction of sp³-hybridized carbons (Fsp3) is 0.452. The molecule has 1 aromatic carbocycles. The fourth-order valence-electron chi connectivity index (χ4n) is 4.37. The zero-order chi connectivity index (χ0) is 34.2. The highest BCUT2D eigenvalue weighted by Gasteiger charge is 2.27. The minimum Gasteiger partial charge on any atom is -0.443 e. The van der Waals surface area contributed by atoms with E-state index < -0.39 is 41.2 Å². The zero-order valence-electron chi connectivity index (χ0n) is 27.0. The molecule has 3 rings (SSSR count). The van der Waals surface area contributed by atoms with Gasteiger partial charge in [-0.25, -0.2) is 28.5 Å². The Balaban J connectivity index is 1.97. The van der Waals surface area contributed by atoms with E-state index in [9.17, 15) is 28.4 Å². The van der Waals surface area contributed by atoms with E-state index in [-0.39, 0.29) is 42.5 Å². The van der Waals surface area contributed by atoms with Crippen LogP contribution in [0.3, 0.4) is 0 Å². The summed E-state index contributed by atoms with van der Waals surface area (Å²) in [5, 5.41) is 4.85. The first kappa shape index (κ1) is 35.4. The molecular formula is C31H40FN7O7. The molecule has 15 heteroatoms. The molecule has 2 aromatic heterocycles. The van der Waals surface area contributed by atoms with Crippen LogP contribution in [0.2, 0.25) is 0 Å². The van der Waals surface area contributed by atoms with E-state index in [1.54, 1.807) is 20.8 Å². The number of benzene rings is 1. The van der Waals surface area contributed by atoms with Crippen molar-refractivity contribution >= 4 is 40.9 Å². The Labute approximate surface area is 265 Å². The average Bonchev–Trinajstić information content (AvgIpc) is 3.33. The number of aryl methyl sites for hydroxylation is 1. The number of rotatable bonds is 11. The molecule has 1 atom stereocenters. The summed E-state index contributed by atoms with van der Waals surface area (Å²) in [4.78, 5) is 73.4. The van der Waals surface area contributed by atoms with E-state index in [1.165, 1.54) is 67.0 Å². The lowest BCUT2D eigenvalue weighted by atomic mass is 10.1. The number of imidazole rings is 1. The fourth-order valence-corrected chi connectivity index (χ4v) is 4.37. The number of allylic oxidation sites excluding steroid dienone is 1. The molecular weight excluding hydrogens is 601 g/mol. The Morgan fingerprint density at radius 2 is 1.89 bits per heavy atom.